The summed E-state index contributed by atoms with van der Waals surface area (Å²) in [6.45, 7) is 4.88. The van der Waals surface area contributed by atoms with E-state index in [1.54, 1.807) is 20.8 Å². The molecule has 6 N–H and O–H groups in total. The number of hydrogen-bond acceptors (Lipinski definition) is 5. The number of halogens is 3. The summed E-state index contributed by atoms with van der Waals surface area (Å²) in [7, 11) is 0. The minimum absolute atomic E-state index is 0.0135. The Balaban J connectivity index is 2.20. The van der Waals surface area contributed by atoms with Crippen molar-refractivity contribution in [1.29, 1.82) is 0 Å². The van der Waals surface area contributed by atoms with Crippen molar-refractivity contribution < 1.29 is 42.1 Å². The molecule has 0 radical (unpaired) electrons. The molecule has 10 nitrogen and oxygen atoms in total. The van der Waals surface area contributed by atoms with Gasteiger partial charge in [0.1, 0.15) is 23.1 Å². The standard InChI is InChI=1S/C23H25F3N4O6/c1-22(2,3)36-21(34)29-16(19(32)33)10-12-4-7-14(8-5-12)35-17-9-6-13(18(31)30-20(27)28)11-15(17)23(24,25)26/h4-9,11,16H,10H2,1-3H3,(H,29,34)(H,32,33)(H4,27,28,30,31). The zero-order valence-electron chi connectivity index (χ0n) is 19.6. The summed E-state index contributed by atoms with van der Waals surface area (Å²) < 4.78 is 51.1. The number of nitrogens with zero attached hydrogens (tertiary/aromatic N) is 1. The van der Waals surface area contributed by atoms with E-state index in [-0.39, 0.29) is 12.2 Å². The van der Waals surface area contributed by atoms with Gasteiger partial charge in [-0.25, -0.2) is 9.59 Å². The number of aliphatic carboxylic acids is 1. The van der Waals surface area contributed by atoms with Crippen molar-refractivity contribution in [3.8, 4) is 11.5 Å². The van der Waals surface area contributed by atoms with Crippen LogP contribution >= 0.6 is 0 Å². The Hall–Kier alpha value is -4.29. The Bertz CT molecular complexity index is 1150. The number of rotatable bonds is 7. The van der Waals surface area contributed by atoms with Crippen LogP contribution in [0.3, 0.4) is 0 Å². The average Bonchev–Trinajstić information content (AvgIpc) is 2.72. The normalized spacial score (nSPS) is 12.3. The van der Waals surface area contributed by atoms with Gasteiger partial charge in [-0.3, -0.25) is 4.79 Å². The highest BCUT2D eigenvalue weighted by Gasteiger charge is 2.35. The Morgan fingerprint density at radius 1 is 1.06 bits per heavy atom. The van der Waals surface area contributed by atoms with Gasteiger partial charge in [-0.15, -0.1) is 0 Å². The predicted octanol–water partition coefficient (Wildman–Crippen LogP) is 3.43. The molecule has 0 heterocycles. The number of alkyl halides is 3. The highest BCUT2D eigenvalue weighted by molar-refractivity contribution is 6.02. The van der Waals surface area contributed by atoms with E-state index < -0.39 is 58.6 Å². The third kappa shape index (κ3) is 8.49. The van der Waals surface area contributed by atoms with Gasteiger partial charge in [0, 0.05) is 12.0 Å². The number of benzene rings is 2. The number of alkyl carbamates (subject to hydrolysis) is 1. The maximum absolute atomic E-state index is 13.6. The topological polar surface area (TPSA) is 166 Å². The molecule has 2 aromatic carbocycles. The summed E-state index contributed by atoms with van der Waals surface area (Å²) >= 11 is 0. The number of nitrogens with two attached hydrogens (primary N) is 2. The quantitative estimate of drug-likeness (QED) is 0.325. The lowest BCUT2D eigenvalue weighted by Crippen LogP contribution is -2.44. The second-order valence-electron chi connectivity index (χ2n) is 8.54. The highest BCUT2D eigenvalue weighted by Crippen LogP contribution is 2.39. The molecule has 0 aliphatic carbocycles. The molecule has 0 aliphatic heterocycles. The van der Waals surface area contributed by atoms with E-state index in [0.29, 0.717) is 11.6 Å². The number of hydrogen-bond donors (Lipinski definition) is 4. The van der Waals surface area contributed by atoms with E-state index in [1.807, 2.05) is 0 Å². The van der Waals surface area contributed by atoms with Crippen LogP contribution in [0.5, 0.6) is 11.5 Å². The first-order valence-electron chi connectivity index (χ1n) is 10.4. The molecule has 1 atom stereocenters. The summed E-state index contributed by atoms with van der Waals surface area (Å²) in [5, 5.41) is 11.7. The van der Waals surface area contributed by atoms with Crippen molar-refractivity contribution in [3.05, 3.63) is 59.2 Å². The number of carbonyl (C=O) groups is 3. The smallest absolute Gasteiger partial charge is 0.420 e. The van der Waals surface area contributed by atoms with Crippen molar-refractivity contribution >= 4 is 23.9 Å². The van der Waals surface area contributed by atoms with Crippen molar-refractivity contribution in [1.82, 2.24) is 5.32 Å². The van der Waals surface area contributed by atoms with Gasteiger partial charge in [-0.2, -0.15) is 18.2 Å². The molecule has 36 heavy (non-hydrogen) atoms. The molecule has 2 amide bonds. The average molecular weight is 510 g/mol. The third-order valence-corrected chi connectivity index (χ3v) is 4.34. The Labute approximate surface area is 204 Å². The molecule has 0 aliphatic rings. The van der Waals surface area contributed by atoms with Crippen LogP contribution in [-0.2, 0) is 22.1 Å². The van der Waals surface area contributed by atoms with E-state index in [4.69, 9.17) is 20.9 Å². The molecule has 2 aromatic rings. The fraction of sp³-hybridized carbons (Fsp3) is 0.304. The summed E-state index contributed by atoms with van der Waals surface area (Å²) in [6.07, 6.45) is -5.88. The van der Waals surface area contributed by atoms with Gasteiger partial charge >= 0.3 is 18.2 Å². The van der Waals surface area contributed by atoms with Crippen LogP contribution < -0.4 is 21.5 Å². The molecule has 13 heteroatoms. The summed E-state index contributed by atoms with van der Waals surface area (Å²) in [5.41, 5.74) is 8.21. The Morgan fingerprint density at radius 2 is 1.67 bits per heavy atom. The molecule has 0 saturated carbocycles. The molecule has 2 rings (SSSR count). The van der Waals surface area contributed by atoms with Crippen molar-refractivity contribution in [2.24, 2.45) is 16.5 Å². The van der Waals surface area contributed by atoms with Crippen molar-refractivity contribution in [2.45, 2.75) is 45.0 Å². The van der Waals surface area contributed by atoms with Crippen LogP contribution in [-0.4, -0.2) is 40.7 Å². The zero-order valence-corrected chi connectivity index (χ0v) is 19.6. The first kappa shape index (κ1) is 28.0. The lowest BCUT2D eigenvalue weighted by atomic mass is 10.1. The number of carbonyl (C=O) groups excluding carboxylic acids is 2. The third-order valence-electron chi connectivity index (χ3n) is 4.34. The van der Waals surface area contributed by atoms with Crippen LogP contribution in [0.4, 0.5) is 18.0 Å². The van der Waals surface area contributed by atoms with Gasteiger partial charge in [-0.05, 0) is 56.7 Å². The van der Waals surface area contributed by atoms with Gasteiger partial charge in [-0.1, -0.05) is 12.1 Å². The van der Waals surface area contributed by atoms with Crippen molar-refractivity contribution in [3.63, 3.8) is 0 Å². The molecule has 0 spiro atoms. The maximum Gasteiger partial charge on any atom is 0.420 e. The number of guanidine groups is 1. The molecule has 0 aromatic heterocycles. The molecular formula is C23H25F3N4O6. The molecular weight excluding hydrogens is 485 g/mol. The van der Waals surface area contributed by atoms with Crippen LogP contribution in [0.1, 0.15) is 42.3 Å². The van der Waals surface area contributed by atoms with Crippen LogP contribution in [0.15, 0.2) is 47.5 Å². The fourth-order valence-electron chi connectivity index (χ4n) is 2.86. The largest absolute Gasteiger partial charge is 0.480 e. The Kier molecular flexibility index (Phi) is 8.52. The first-order chi connectivity index (χ1) is 16.5. The van der Waals surface area contributed by atoms with E-state index in [9.17, 15) is 32.7 Å². The maximum atomic E-state index is 13.6. The number of ether oxygens (including phenoxy) is 2. The molecule has 0 bridgehead atoms. The van der Waals surface area contributed by atoms with Gasteiger partial charge in [0.2, 0.25) is 0 Å². The van der Waals surface area contributed by atoms with Crippen molar-refractivity contribution in [2.75, 3.05) is 0 Å². The molecule has 194 valence electrons. The second kappa shape index (κ2) is 11.0. The summed E-state index contributed by atoms with van der Waals surface area (Å²) in [4.78, 5) is 38.5. The monoisotopic (exact) mass is 510 g/mol. The minimum Gasteiger partial charge on any atom is -0.480 e. The van der Waals surface area contributed by atoms with Crippen LogP contribution in [0.25, 0.3) is 0 Å². The fourth-order valence-corrected chi connectivity index (χ4v) is 2.86. The second-order valence-corrected chi connectivity index (χ2v) is 8.54. The van der Waals surface area contributed by atoms with Gasteiger partial charge in [0.05, 0.1) is 5.56 Å². The minimum atomic E-state index is -4.86. The molecule has 0 saturated heterocycles. The first-order valence-corrected chi connectivity index (χ1v) is 10.4. The van der Waals surface area contributed by atoms with E-state index in [2.05, 4.69) is 10.3 Å². The number of carboxylic acids is 1. The van der Waals surface area contributed by atoms with E-state index in [1.165, 1.54) is 24.3 Å². The number of aliphatic imine (C=N–C) groups is 1. The lowest BCUT2D eigenvalue weighted by molar-refractivity contribution is -0.140. The number of carboxylic acid groups (broad SMARTS) is 1. The van der Waals surface area contributed by atoms with Crippen LogP contribution in [0, 0.1) is 0 Å². The van der Waals surface area contributed by atoms with E-state index >= 15 is 0 Å². The number of nitrogens with one attached hydrogen (secondary N) is 1. The van der Waals surface area contributed by atoms with E-state index in [0.717, 1.165) is 12.1 Å². The summed E-state index contributed by atoms with van der Waals surface area (Å²) in [6, 6.07) is 6.83. The SMILES string of the molecule is CC(C)(C)OC(=O)NC(Cc1ccc(Oc2ccc(C(=O)N=C(N)N)cc2C(F)(F)F)cc1)C(=O)O. The Morgan fingerprint density at radius 3 is 2.17 bits per heavy atom. The lowest BCUT2D eigenvalue weighted by Gasteiger charge is -2.22. The number of amides is 2. The molecule has 0 fully saturated rings. The zero-order chi connectivity index (χ0) is 27.3. The van der Waals surface area contributed by atoms with Crippen LogP contribution in [0.2, 0.25) is 0 Å². The highest BCUT2D eigenvalue weighted by atomic mass is 19.4. The molecule has 1 unspecified atom stereocenters. The van der Waals surface area contributed by atoms with Gasteiger partial charge in [0.25, 0.3) is 5.91 Å². The predicted molar refractivity (Wildman–Crippen MR) is 123 cm³/mol. The van der Waals surface area contributed by atoms with Gasteiger partial charge in [0.15, 0.2) is 5.96 Å². The summed E-state index contributed by atoms with van der Waals surface area (Å²) in [5.74, 6) is -3.51. The van der Waals surface area contributed by atoms with Gasteiger partial charge < -0.3 is 31.4 Å².